The lowest BCUT2D eigenvalue weighted by Crippen LogP contribution is -2.56. The Balaban J connectivity index is 1.71. The molecule has 2 fully saturated rings. The zero-order chi connectivity index (χ0) is 18.7. The molecular formula is C19H26N4O3. The number of ether oxygens (including phenoxy) is 1. The molecule has 7 heteroatoms. The molecule has 0 aromatic carbocycles. The number of aromatic nitrogens is 2. The Morgan fingerprint density at radius 3 is 2.81 bits per heavy atom. The van der Waals surface area contributed by atoms with E-state index in [-0.39, 0.29) is 17.9 Å². The molecule has 3 heterocycles. The fourth-order valence-corrected chi connectivity index (χ4v) is 3.90. The number of nitrogens with zero attached hydrogens (tertiary/aromatic N) is 4. The van der Waals surface area contributed by atoms with E-state index in [9.17, 15) is 9.59 Å². The summed E-state index contributed by atoms with van der Waals surface area (Å²) in [6, 6.07) is 0.214. The molecule has 0 aliphatic carbocycles. The van der Waals surface area contributed by atoms with Crippen LogP contribution >= 0.6 is 0 Å². The number of carbonyl (C=O) groups excluding carboxylic acids is 2. The highest BCUT2D eigenvalue weighted by molar-refractivity contribution is 5.93. The highest BCUT2D eigenvalue weighted by Gasteiger charge is 2.39. The van der Waals surface area contributed by atoms with Crippen LogP contribution in [-0.4, -0.2) is 64.4 Å². The minimum atomic E-state index is -0.122. The molecule has 2 amide bonds. The van der Waals surface area contributed by atoms with Gasteiger partial charge in [0.25, 0.3) is 5.91 Å². The van der Waals surface area contributed by atoms with Crippen LogP contribution in [0.4, 0.5) is 0 Å². The monoisotopic (exact) mass is 358 g/mol. The fraction of sp³-hybridized carbons (Fsp3) is 0.579. The van der Waals surface area contributed by atoms with Crippen LogP contribution in [0.15, 0.2) is 24.0 Å². The molecule has 3 rings (SSSR count). The van der Waals surface area contributed by atoms with Crippen LogP contribution in [0.5, 0.6) is 5.88 Å². The van der Waals surface area contributed by atoms with Gasteiger partial charge in [-0.25, -0.2) is 4.98 Å². The van der Waals surface area contributed by atoms with Crippen LogP contribution in [0.1, 0.15) is 43.6 Å². The van der Waals surface area contributed by atoms with Crippen molar-refractivity contribution in [2.24, 2.45) is 5.92 Å². The Morgan fingerprint density at radius 1 is 1.27 bits per heavy atom. The van der Waals surface area contributed by atoms with E-state index in [1.54, 1.807) is 0 Å². The molecule has 0 N–H and O–H groups in total. The second-order valence-electron chi connectivity index (χ2n) is 6.93. The Bertz CT molecular complexity index is 718. The maximum atomic E-state index is 12.8. The number of likely N-dealkylation sites (tertiary alicyclic amines) is 2. The third-order valence-corrected chi connectivity index (χ3v) is 5.43. The average molecular weight is 358 g/mol. The molecule has 2 saturated heterocycles. The Labute approximate surface area is 154 Å². The van der Waals surface area contributed by atoms with E-state index in [2.05, 4.69) is 9.97 Å². The van der Waals surface area contributed by atoms with Crippen molar-refractivity contribution >= 4 is 11.8 Å². The lowest BCUT2D eigenvalue weighted by atomic mass is 9.83. The van der Waals surface area contributed by atoms with Crippen LogP contribution in [-0.2, 0) is 4.79 Å². The Hall–Kier alpha value is -2.44. The lowest BCUT2D eigenvalue weighted by molar-refractivity contribution is -0.133. The quantitative estimate of drug-likeness (QED) is 0.772. The summed E-state index contributed by atoms with van der Waals surface area (Å²) in [5.41, 5.74) is 1.09. The van der Waals surface area contributed by atoms with Crippen molar-refractivity contribution in [2.45, 2.75) is 39.2 Å². The van der Waals surface area contributed by atoms with Crippen molar-refractivity contribution in [2.75, 3.05) is 26.7 Å². The van der Waals surface area contributed by atoms with Gasteiger partial charge in [0.05, 0.1) is 19.5 Å². The van der Waals surface area contributed by atoms with E-state index < -0.39 is 0 Å². The number of amides is 2. The maximum Gasteiger partial charge on any atom is 0.274 e. The standard InChI is InChI=1S/C19H26N4O3/c1-4-13(2)18(24)23-8-5-6-14-12-22(9-7-16(14)23)19(25)15-10-20-11-17(21-15)26-3/h4,10-11,14,16H,5-9,12H2,1-3H3/b13-4+. The van der Waals surface area contributed by atoms with E-state index in [4.69, 9.17) is 4.74 Å². The predicted octanol–water partition coefficient (Wildman–Crippen LogP) is 1.90. The third kappa shape index (κ3) is 3.57. The van der Waals surface area contributed by atoms with Gasteiger partial charge in [0, 0.05) is 31.2 Å². The van der Waals surface area contributed by atoms with Crippen molar-refractivity contribution < 1.29 is 14.3 Å². The molecule has 0 radical (unpaired) electrons. The molecule has 2 aliphatic heterocycles. The molecule has 2 unspecified atom stereocenters. The number of carbonyl (C=O) groups is 2. The van der Waals surface area contributed by atoms with Crippen LogP contribution in [0.25, 0.3) is 0 Å². The van der Waals surface area contributed by atoms with Crippen LogP contribution < -0.4 is 4.74 Å². The zero-order valence-electron chi connectivity index (χ0n) is 15.6. The van der Waals surface area contributed by atoms with Gasteiger partial charge in [0.15, 0.2) is 5.69 Å². The molecular weight excluding hydrogens is 332 g/mol. The number of rotatable bonds is 3. The Kier molecular flexibility index (Phi) is 5.54. The van der Waals surface area contributed by atoms with E-state index in [0.717, 1.165) is 31.4 Å². The topological polar surface area (TPSA) is 75.6 Å². The van der Waals surface area contributed by atoms with Crippen LogP contribution in [0.2, 0.25) is 0 Å². The second kappa shape index (κ2) is 7.85. The number of methoxy groups -OCH3 is 1. The van der Waals surface area contributed by atoms with Gasteiger partial charge in [-0.3, -0.25) is 14.6 Å². The molecule has 1 aromatic heterocycles. The molecule has 26 heavy (non-hydrogen) atoms. The third-order valence-electron chi connectivity index (χ3n) is 5.43. The van der Waals surface area contributed by atoms with E-state index in [1.165, 1.54) is 19.5 Å². The van der Waals surface area contributed by atoms with Crippen LogP contribution in [0, 0.1) is 5.92 Å². The summed E-state index contributed by atoms with van der Waals surface area (Å²) in [7, 11) is 1.50. The average Bonchev–Trinajstić information content (AvgIpc) is 2.71. The molecule has 0 saturated carbocycles. The molecule has 2 atom stereocenters. The van der Waals surface area contributed by atoms with Crippen molar-refractivity contribution in [1.82, 2.24) is 19.8 Å². The number of piperidine rings is 2. The fourth-order valence-electron chi connectivity index (χ4n) is 3.90. The van der Waals surface area contributed by atoms with E-state index in [1.807, 2.05) is 29.7 Å². The van der Waals surface area contributed by atoms with Gasteiger partial charge in [-0.1, -0.05) is 6.08 Å². The summed E-state index contributed by atoms with van der Waals surface area (Å²) < 4.78 is 5.06. The lowest BCUT2D eigenvalue weighted by Gasteiger charge is -2.47. The SMILES string of the molecule is C/C=C(\C)C(=O)N1CCCC2CN(C(=O)c3cncc(OC)n3)CCC21. The van der Waals surface area contributed by atoms with Gasteiger partial charge >= 0.3 is 0 Å². The van der Waals surface area contributed by atoms with E-state index in [0.29, 0.717) is 30.6 Å². The first-order valence-electron chi connectivity index (χ1n) is 9.14. The van der Waals surface area contributed by atoms with Gasteiger partial charge in [0.1, 0.15) is 0 Å². The van der Waals surface area contributed by atoms with E-state index >= 15 is 0 Å². The first kappa shape index (κ1) is 18.4. The van der Waals surface area contributed by atoms with Gasteiger partial charge in [-0.2, -0.15) is 0 Å². The predicted molar refractivity (Wildman–Crippen MR) is 96.8 cm³/mol. The smallest absolute Gasteiger partial charge is 0.274 e. The highest BCUT2D eigenvalue weighted by Crippen LogP contribution is 2.32. The molecule has 2 aliphatic rings. The van der Waals surface area contributed by atoms with Gasteiger partial charge in [-0.05, 0) is 39.0 Å². The summed E-state index contributed by atoms with van der Waals surface area (Å²) in [5.74, 6) is 0.652. The summed E-state index contributed by atoms with van der Waals surface area (Å²) >= 11 is 0. The number of allylic oxidation sites excluding steroid dienone is 1. The maximum absolute atomic E-state index is 12.8. The number of hydrogen-bond acceptors (Lipinski definition) is 5. The first-order valence-corrected chi connectivity index (χ1v) is 9.14. The summed E-state index contributed by atoms with van der Waals surface area (Å²) in [6.07, 6.45) is 7.64. The second-order valence-corrected chi connectivity index (χ2v) is 6.93. The van der Waals surface area contributed by atoms with Crippen LogP contribution in [0.3, 0.4) is 0 Å². The molecule has 1 aromatic rings. The van der Waals surface area contributed by atoms with Crippen molar-refractivity contribution in [3.8, 4) is 5.88 Å². The first-order chi connectivity index (χ1) is 12.5. The Morgan fingerprint density at radius 2 is 2.08 bits per heavy atom. The summed E-state index contributed by atoms with van der Waals surface area (Å²) in [4.78, 5) is 37.5. The summed E-state index contributed by atoms with van der Waals surface area (Å²) in [6.45, 7) is 5.84. The number of hydrogen-bond donors (Lipinski definition) is 0. The number of fused-ring (bicyclic) bond motifs is 1. The molecule has 7 nitrogen and oxygen atoms in total. The highest BCUT2D eigenvalue weighted by atomic mass is 16.5. The minimum absolute atomic E-state index is 0.122. The van der Waals surface area contributed by atoms with Crippen molar-refractivity contribution in [3.63, 3.8) is 0 Å². The molecule has 140 valence electrons. The van der Waals surface area contributed by atoms with Gasteiger partial charge in [-0.15, -0.1) is 0 Å². The summed E-state index contributed by atoms with van der Waals surface area (Å²) in [5, 5.41) is 0. The molecule has 0 spiro atoms. The minimum Gasteiger partial charge on any atom is -0.480 e. The molecule has 0 bridgehead atoms. The van der Waals surface area contributed by atoms with Gasteiger partial charge in [0.2, 0.25) is 11.8 Å². The van der Waals surface area contributed by atoms with Crippen molar-refractivity contribution in [3.05, 3.63) is 29.7 Å². The van der Waals surface area contributed by atoms with Gasteiger partial charge < -0.3 is 14.5 Å². The normalized spacial score (nSPS) is 23.4. The van der Waals surface area contributed by atoms with Crippen molar-refractivity contribution in [1.29, 1.82) is 0 Å². The largest absolute Gasteiger partial charge is 0.480 e. The zero-order valence-corrected chi connectivity index (χ0v) is 15.6.